The lowest BCUT2D eigenvalue weighted by atomic mass is 10.1. The minimum Gasteiger partial charge on any atom is -0.496 e. The lowest BCUT2D eigenvalue weighted by Crippen LogP contribution is -2.06. The van der Waals surface area contributed by atoms with Crippen LogP contribution in [-0.4, -0.2) is 22.4 Å². The normalized spacial score (nSPS) is 10.3. The largest absolute Gasteiger partial charge is 0.496 e. The molecule has 2 rings (SSSR count). The molecule has 0 bridgehead atoms. The van der Waals surface area contributed by atoms with E-state index in [9.17, 15) is 4.79 Å². The van der Waals surface area contributed by atoms with Crippen LogP contribution in [0, 0.1) is 0 Å². The second-order valence-electron chi connectivity index (χ2n) is 4.08. The topological polar surface area (TPSA) is 44.1 Å². The summed E-state index contributed by atoms with van der Waals surface area (Å²) in [6.07, 6.45) is 4.69. The van der Waals surface area contributed by atoms with Gasteiger partial charge in [-0.1, -0.05) is 12.1 Å². The van der Waals surface area contributed by atoms with Crippen molar-refractivity contribution in [1.29, 1.82) is 0 Å². The molecular formula is C14H16N2O2. The molecule has 4 heteroatoms. The minimum atomic E-state index is 0.0791. The van der Waals surface area contributed by atoms with Crippen LogP contribution in [0.15, 0.2) is 36.7 Å². The standard InChI is InChI=1S/C14H16N2O2/c1-16-10-9-15-14(16)8-7-12(17)11-5-3-4-6-13(11)18-2/h3-6,9-10H,7-8H2,1-2H3. The van der Waals surface area contributed by atoms with Gasteiger partial charge in [0.1, 0.15) is 11.6 Å². The van der Waals surface area contributed by atoms with Crippen molar-refractivity contribution in [2.24, 2.45) is 7.05 Å². The second-order valence-corrected chi connectivity index (χ2v) is 4.08. The van der Waals surface area contributed by atoms with Gasteiger partial charge in [-0.25, -0.2) is 4.98 Å². The molecule has 0 aliphatic rings. The predicted molar refractivity (Wildman–Crippen MR) is 68.9 cm³/mol. The first kappa shape index (κ1) is 12.4. The smallest absolute Gasteiger partial charge is 0.167 e. The molecule has 0 saturated carbocycles. The summed E-state index contributed by atoms with van der Waals surface area (Å²) >= 11 is 0. The van der Waals surface area contributed by atoms with Crippen LogP contribution in [0.1, 0.15) is 22.6 Å². The van der Waals surface area contributed by atoms with Crippen LogP contribution in [0.3, 0.4) is 0 Å². The number of carbonyl (C=O) groups excluding carboxylic acids is 1. The number of nitrogens with zero attached hydrogens (tertiary/aromatic N) is 2. The molecule has 94 valence electrons. The van der Waals surface area contributed by atoms with Crippen LogP contribution in [0.25, 0.3) is 0 Å². The molecule has 0 atom stereocenters. The van der Waals surface area contributed by atoms with Crippen LogP contribution in [0.2, 0.25) is 0 Å². The number of rotatable bonds is 5. The van der Waals surface area contributed by atoms with Crippen molar-refractivity contribution < 1.29 is 9.53 Å². The van der Waals surface area contributed by atoms with Crippen LogP contribution >= 0.6 is 0 Å². The molecule has 0 aliphatic carbocycles. The molecule has 0 saturated heterocycles. The van der Waals surface area contributed by atoms with Crippen LogP contribution in [-0.2, 0) is 13.5 Å². The minimum absolute atomic E-state index is 0.0791. The van der Waals surface area contributed by atoms with Gasteiger partial charge in [0.25, 0.3) is 0 Å². The predicted octanol–water partition coefficient (Wildman–Crippen LogP) is 2.24. The first-order chi connectivity index (χ1) is 8.72. The average molecular weight is 244 g/mol. The molecule has 0 amide bonds. The number of aryl methyl sites for hydroxylation is 2. The molecule has 1 aromatic carbocycles. The maximum absolute atomic E-state index is 12.1. The van der Waals surface area contributed by atoms with E-state index in [0.29, 0.717) is 24.2 Å². The number of methoxy groups -OCH3 is 1. The number of ketones is 1. The van der Waals surface area contributed by atoms with E-state index in [1.165, 1.54) is 0 Å². The number of para-hydroxylation sites is 1. The number of ether oxygens (including phenoxy) is 1. The van der Waals surface area contributed by atoms with Gasteiger partial charge in [-0.15, -0.1) is 0 Å². The Morgan fingerprint density at radius 3 is 2.83 bits per heavy atom. The molecule has 0 fully saturated rings. The van der Waals surface area contributed by atoms with E-state index in [1.54, 1.807) is 25.4 Å². The number of aromatic nitrogens is 2. The van der Waals surface area contributed by atoms with Gasteiger partial charge in [0.15, 0.2) is 5.78 Å². The molecule has 4 nitrogen and oxygen atoms in total. The molecule has 1 heterocycles. The number of hydrogen-bond acceptors (Lipinski definition) is 3. The molecular weight excluding hydrogens is 228 g/mol. The summed E-state index contributed by atoms with van der Waals surface area (Å²) < 4.78 is 7.11. The van der Waals surface area contributed by atoms with Crippen molar-refractivity contribution in [3.63, 3.8) is 0 Å². The number of imidazole rings is 1. The first-order valence-electron chi connectivity index (χ1n) is 5.85. The highest BCUT2D eigenvalue weighted by atomic mass is 16.5. The highest BCUT2D eigenvalue weighted by Crippen LogP contribution is 2.19. The Balaban J connectivity index is 2.06. The molecule has 18 heavy (non-hydrogen) atoms. The van der Waals surface area contributed by atoms with Gasteiger partial charge in [-0.05, 0) is 12.1 Å². The highest BCUT2D eigenvalue weighted by Gasteiger charge is 2.12. The fourth-order valence-corrected chi connectivity index (χ4v) is 1.87. The number of hydrogen-bond donors (Lipinski definition) is 0. The summed E-state index contributed by atoms with van der Waals surface area (Å²) in [5.41, 5.74) is 0.634. The Hall–Kier alpha value is -2.10. The zero-order chi connectivity index (χ0) is 13.0. The molecule has 0 unspecified atom stereocenters. The van der Waals surface area contributed by atoms with Crippen LogP contribution in [0.4, 0.5) is 0 Å². The molecule has 0 aliphatic heterocycles. The Morgan fingerprint density at radius 2 is 2.17 bits per heavy atom. The van der Waals surface area contributed by atoms with Crippen molar-refractivity contribution in [1.82, 2.24) is 9.55 Å². The van der Waals surface area contributed by atoms with Gasteiger partial charge in [-0.3, -0.25) is 4.79 Å². The van der Waals surface area contributed by atoms with E-state index in [1.807, 2.05) is 29.9 Å². The Bertz CT molecular complexity index is 546. The molecule has 2 aromatic rings. The zero-order valence-corrected chi connectivity index (χ0v) is 10.6. The summed E-state index contributed by atoms with van der Waals surface area (Å²) in [5, 5.41) is 0. The quantitative estimate of drug-likeness (QED) is 0.758. The fourth-order valence-electron chi connectivity index (χ4n) is 1.87. The number of Topliss-reactive ketones (excluding diaryl/α,β-unsaturated/α-hetero) is 1. The Kier molecular flexibility index (Phi) is 3.77. The summed E-state index contributed by atoms with van der Waals surface area (Å²) in [7, 11) is 3.50. The lowest BCUT2D eigenvalue weighted by Gasteiger charge is -2.07. The number of benzene rings is 1. The highest BCUT2D eigenvalue weighted by molar-refractivity contribution is 5.98. The average Bonchev–Trinajstić information content (AvgIpc) is 2.81. The van der Waals surface area contributed by atoms with Gasteiger partial charge in [0, 0.05) is 32.3 Å². The van der Waals surface area contributed by atoms with Crippen molar-refractivity contribution in [2.45, 2.75) is 12.8 Å². The van der Waals surface area contributed by atoms with Gasteiger partial charge in [0.05, 0.1) is 12.7 Å². The Morgan fingerprint density at radius 1 is 1.39 bits per heavy atom. The van der Waals surface area contributed by atoms with E-state index in [2.05, 4.69) is 4.98 Å². The van der Waals surface area contributed by atoms with Gasteiger partial charge >= 0.3 is 0 Å². The third kappa shape index (κ3) is 2.59. The SMILES string of the molecule is COc1ccccc1C(=O)CCc1nccn1C. The third-order valence-electron chi connectivity index (χ3n) is 2.90. The van der Waals surface area contributed by atoms with Gasteiger partial charge < -0.3 is 9.30 Å². The van der Waals surface area contributed by atoms with E-state index >= 15 is 0 Å². The molecule has 0 spiro atoms. The fraction of sp³-hybridized carbons (Fsp3) is 0.286. The van der Waals surface area contributed by atoms with Crippen LogP contribution < -0.4 is 4.74 Å². The van der Waals surface area contributed by atoms with Gasteiger partial charge in [-0.2, -0.15) is 0 Å². The zero-order valence-electron chi connectivity index (χ0n) is 10.6. The summed E-state index contributed by atoms with van der Waals surface area (Å²) in [6, 6.07) is 7.29. The van der Waals surface area contributed by atoms with E-state index in [4.69, 9.17) is 4.74 Å². The van der Waals surface area contributed by atoms with Gasteiger partial charge in [0.2, 0.25) is 0 Å². The Labute approximate surface area is 106 Å². The van der Waals surface area contributed by atoms with Crippen molar-refractivity contribution in [3.05, 3.63) is 48.0 Å². The summed E-state index contributed by atoms with van der Waals surface area (Å²) in [6.45, 7) is 0. The van der Waals surface area contributed by atoms with Crippen molar-refractivity contribution in [2.75, 3.05) is 7.11 Å². The summed E-state index contributed by atoms with van der Waals surface area (Å²) in [4.78, 5) is 16.3. The van der Waals surface area contributed by atoms with Crippen LogP contribution in [0.5, 0.6) is 5.75 Å². The maximum atomic E-state index is 12.1. The third-order valence-corrected chi connectivity index (χ3v) is 2.90. The summed E-state index contributed by atoms with van der Waals surface area (Å²) in [5.74, 6) is 1.62. The number of carbonyl (C=O) groups is 1. The molecule has 0 N–H and O–H groups in total. The van der Waals surface area contributed by atoms with E-state index in [0.717, 1.165) is 5.82 Å². The first-order valence-corrected chi connectivity index (χ1v) is 5.85. The van der Waals surface area contributed by atoms with Crippen molar-refractivity contribution in [3.8, 4) is 5.75 Å². The van der Waals surface area contributed by atoms with E-state index < -0.39 is 0 Å². The second kappa shape index (κ2) is 5.49. The monoisotopic (exact) mass is 244 g/mol. The molecule has 0 radical (unpaired) electrons. The maximum Gasteiger partial charge on any atom is 0.167 e. The molecule has 1 aromatic heterocycles. The van der Waals surface area contributed by atoms with E-state index in [-0.39, 0.29) is 5.78 Å². The van der Waals surface area contributed by atoms with Crippen molar-refractivity contribution >= 4 is 5.78 Å². The lowest BCUT2D eigenvalue weighted by molar-refractivity contribution is 0.0979.